The van der Waals surface area contributed by atoms with E-state index < -0.39 is 0 Å². The Hall–Kier alpha value is -2.35. The van der Waals surface area contributed by atoms with Crippen molar-refractivity contribution in [2.75, 3.05) is 0 Å². The van der Waals surface area contributed by atoms with Crippen LogP contribution in [0.3, 0.4) is 0 Å². The number of nitriles is 1. The topological polar surface area (TPSA) is 63.6 Å². The average molecular weight is 320 g/mol. The zero-order valence-electron chi connectivity index (χ0n) is 13.6. The number of nitrogens with zero attached hydrogens (tertiary/aromatic N) is 4. The van der Waals surface area contributed by atoms with E-state index in [2.05, 4.69) is 18.2 Å². The van der Waals surface area contributed by atoms with Crippen molar-refractivity contribution in [2.45, 2.75) is 56.5 Å². The molecule has 1 aromatic carbocycles. The summed E-state index contributed by atoms with van der Waals surface area (Å²) >= 11 is 0. The molecule has 0 saturated heterocycles. The fourth-order valence-corrected chi connectivity index (χ4v) is 5.21. The van der Waals surface area contributed by atoms with Gasteiger partial charge >= 0.3 is 5.69 Å². The molecule has 1 aliphatic heterocycles. The maximum absolute atomic E-state index is 13.2. The Bertz CT molecular complexity index is 894. The minimum Gasteiger partial charge on any atom is -0.271 e. The number of fused-ring (bicyclic) bond motifs is 3. The van der Waals surface area contributed by atoms with Crippen LogP contribution in [-0.2, 0) is 12.0 Å². The van der Waals surface area contributed by atoms with E-state index >= 15 is 0 Å². The predicted octanol–water partition coefficient (Wildman–Crippen LogP) is 2.76. The van der Waals surface area contributed by atoms with Crippen molar-refractivity contribution in [3.05, 3.63) is 52.2 Å². The first kappa shape index (κ1) is 14.0. The molecule has 2 bridgehead atoms. The van der Waals surface area contributed by atoms with E-state index in [1.54, 1.807) is 4.68 Å². The Morgan fingerprint density at radius 3 is 2.58 bits per heavy atom. The van der Waals surface area contributed by atoms with E-state index in [0.29, 0.717) is 0 Å². The lowest BCUT2D eigenvalue weighted by molar-refractivity contribution is 0.249. The lowest BCUT2D eigenvalue weighted by Crippen LogP contribution is -2.40. The molecule has 2 aliphatic carbocycles. The summed E-state index contributed by atoms with van der Waals surface area (Å²) in [6.45, 7) is 0. The van der Waals surface area contributed by atoms with Gasteiger partial charge in [-0.1, -0.05) is 30.3 Å². The van der Waals surface area contributed by atoms with E-state index in [1.807, 2.05) is 22.8 Å². The number of aryl methyl sites for hydroxylation is 1. The molecule has 2 aromatic rings. The lowest BCUT2D eigenvalue weighted by atomic mass is 9.86. The fraction of sp³-hybridized carbons (Fsp3) is 0.526. The molecule has 2 fully saturated rings. The molecule has 5 heteroatoms. The van der Waals surface area contributed by atoms with Crippen molar-refractivity contribution in [3.63, 3.8) is 0 Å². The Kier molecular flexibility index (Phi) is 2.69. The first-order valence-electron chi connectivity index (χ1n) is 8.84. The lowest BCUT2D eigenvalue weighted by Gasteiger charge is -2.26. The molecule has 0 unspecified atom stereocenters. The van der Waals surface area contributed by atoms with E-state index in [0.717, 1.165) is 50.8 Å². The van der Waals surface area contributed by atoms with Gasteiger partial charge in [-0.05, 0) is 44.1 Å². The molecule has 0 amide bonds. The SMILES string of the molecule is N#CC12CCC(n3nc4n(c3=O)[C@H](c3ccccc3)CC4)(CC1)C2. The standard InChI is InChI=1S/C19H20N4O/c20-13-18-8-10-19(12-18,11-9-18)23-17(24)22-15(6-7-16(22)21-23)14-4-2-1-3-5-14/h1-5,15H,6-12H2/t15-,18?,19?/m0/s1. The van der Waals surface area contributed by atoms with Crippen LogP contribution in [0.25, 0.3) is 0 Å². The van der Waals surface area contributed by atoms with E-state index in [-0.39, 0.29) is 22.7 Å². The predicted molar refractivity (Wildman–Crippen MR) is 88.5 cm³/mol. The van der Waals surface area contributed by atoms with Crippen LogP contribution in [0, 0.1) is 16.7 Å². The van der Waals surface area contributed by atoms with Gasteiger partial charge < -0.3 is 0 Å². The highest BCUT2D eigenvalue weighted by Crippen LogP contribution is 2.59. The van der Waals surface area contributed by atoms with Crippen LogP contribution in [0.2, 0.25) is 0 Å². The Balaban J connectivity index is 1.59. The normalized spacial score (nSPS) is 33.5. The molecule has 24 heavy (non-hydrogen) atoms. The fourth-order valence-electron chi connectivity index (χ4n) is 5.21. The molecule has 0 radical (unpaired) electrons. The summed E-state index contributed by atoms with van der Waals surface area (Å²) in [6, 6.07) is 12.9. The molecular weight excluding hydrogens is 300 g/mol. The monoisotopic (exact) mass is 320 g/mol. The molecule has 3 aliphatic rings. The summed E-state index contributed by atoms with van der Waals surface area (Å²) in [5, 5.41) is 14.3. The van der Waals surface area contributed by atoms with Crippen LogP contribution >= 0.6 is 0 Å². The summed E-state index contributed by atoms with van der Waals surface area (Å²) in [5.74, 6) is 0.907. The molecule has 5 nitrogen and oxygen atoms in total. The van der Waals surface area contributed by atoms with Crippen LogP contribution in [-0.4, -0.2) is 14.3 Å². The molecule has 2 heterocycles. The van der Waals surface area contributed by atoms with Gasteiger partial charge in [0.15, 0.2) is 0 Å². The van der Waals surface area contributed by atoms with Gasteiger partial charge in [-0.15, -0.1) is 0 Å². The van der Waals surface area contributed by atoms with Crippen molar-refractivity contribution in [2.24, 2.45) is 5.41 Å². The smallest absolute Gasteiger partial charge is 0.271 e. The zero-order valence-corrected chi connectivity index (χ0v) is 13.6. The van der Waals surface area contributed by atoms with E-state index in [9.17, 15) is 10.1 Å². The second-order valence-corrected chi connectivity index (χ2v) is 7.74. The van der Waals surface area contributed by atoms with E-state index in [1.165, 1.54) is 5.56 Å². The molecule has 1 atom stereocenters. The first-order valence-corrected chi connectivity index (χ1v) is 8.84. The number of hydrogen-bond acceptors (Lipinski definition) is 3. The Morgan fingerprint density at radius 1 is 1.17 bits per heavy atom. The quantitative estimate of drug-likeness (QED) is 0.854. The highest BCUT2D eigenvalue weighted by molar-refractivity contribution is 5.23. The summed E-state index contributed by atoms with van der Waals surface area (Å²) in [6.07, 6.45) is 6.21. The molecule has 1 aromatic heterocycles. The molecule has 5 rings (SSSR count). The van der Waals surface area contributed by atoms with Gasteiger partial charge in [-0.2, -0.15) is 10.4 Å². The summed E-state index contributed by atoms with van der Waals surface area (Å²) < 4.78 is 3.65. The highest BCUT2D eigenvalue weighted by Gasteiger charge is 2.57. The van der Waals surface area contributed by atoms with Crippen molar-refractivity contribution in [1.82, 2.24) is 14.3 Å². The van der Waals surface area contributed by atoms with Crippen molar-refractivity contribution < 1.29 is 0 Å². The number of hydrogen-bond donors (Lipinski definition) is 0. The molecule has 2 saturated carbocycles. The van der Waals surface area contributed by atoms with Crippen molar-refractivity contribution in [1.29, 1.82) is 5.26 Å². The maximum Gasteiger partial charge on any atom is 0.347 e. The maximum atomic E-state index is 13.2. The van der Waals surface area contributed by atoms with Gasteiger partial charge in [0.05, 0.1) is 23.1 Å². The molecule has 0 N–H and O–H groups in total. The van der Waals surface area contributed by atoms with Gasteiger partial charge in [0, 0.05) is 6.42 Å². The highest BCUT2D eigenvalue weighted by atomic mass is 16.2. The molecule has 0 spiro atoms. The van der Waals surface area contributed by atoms with Crippen molar-refractivity contribution in [3.8, 4) is 6.07 Å². The first-order chi connectivity index (χ1) is 11.7. The minimum absolute atomic E-state index is 0.0204. The third-order valence-corrected chi connectivity index (χ3v) is 6.51. The van der Waals surface area contributed by atoms with Gasteiger partial charge in [-0.25, -0.2) is 9.48 Å². The Morgan fingerprint density at radius 2 is 1.92 bits per heavy atom. The zero-order chi connectivity index (χ0) is 16.4. The number of benzene rings is 1. The summed E-state index contributed by atoms with van der Waals surface area (Å²) in [5.41, 5.74) is 0.768. The van der Waals surface area contributed by atoms with Gasteiger partial charge in [-0.3, -0.25) is 4.57 Å². The van der Waals surface area contributed by atoms with Gasteiger partial charge in [0.1, 0.15) is 5.82 Å². The third-order valence-electron chi connectivity index (χ3n) is 6.51. The largest absolute Gasteiger partial charge is 0.347 e. The van der Waals surface area contributed by atoms with Gasteiger partial charge in [0.2, 0.25) is 0 Å². The van der Waals surface area contributed by atoms with Crippen LogP contribution < -0.4 is 5.69 Å². The van der Waals surface area contributed by atoms with Crippen LogP contribution in [0.5, 0.6) is 0 Å². The Labute approximate surface area is 140 Å². The van der Waals surface area contributed by atoms with Gasteiger partial charge in [0.25, 0.3) is 0 Å². The number of aromatic nitrogens is 3. The molecular formula is C19H20N4O. The average Bonchev–Trinajstić information content (AvgIpc) is 3.36. The second-order valence-electron chi connectivity index (χ2n) is 7.74. The molecule has 122 valence electrons. The van der Waals surface area contributed by atoms with Crippen molar-refractivity contribution >= 4 is 0 Å². The summed E-state index contributed by atoms with van der Waals surface area (Å²) in [7, 11) is 0. The number of rotatable bonds is 2. The van der Waals surface area contributed by atoms with E-state index in [4.69, 9.17) is 5.10 Å². The van der Waals surface area contributed by atoms with Crippen LogP contribution in [0.1, 0.15) is 56.0 Å². The third kappa shape index (κ3) is 1.69. The second kappa shape index (κ2) is 4.60. The minimum atomic E-state index is -0.217. The van der Waals surface area contributed by atoms with Crippen LogP contribution in [0.15, 0.2) is 35.1 Å². The van der Waals surface area contributed by atoms with Crippen LogP contribution in [0.4, 0.5) is 0 Å². The summed E-state index contributed by atoms with van der Waals surface area (Å²) in [4.78, 5) is 13.2.